The van der Waals surface area contributed by atoms with Crippen molar-refractivity contribution in [2.75, 3.05) is 0 Å². The number of hydrogen-bond acceptors (Lipinski definition) is 4. The Morgan fingerprint density at radius 2 is 0.778 bits per heavy atom. The third kappa shape index (κ3) is 3.93. The molecular weight excluding hydrogens is 494 g/mol. The summed E-state index contributed by atoms with van der Waals surface area (Å²) in [6.07, 6.45) is -8.26. The highest BCUT2D eigenvalue weighted by Gasteiger charge is 2.64. The van der Waals surface area contributed by atoms with Crippen LogP contribution in [-0.2, 0) is 19.2 Å². The minimum Gasteiger partial charge on any atom is -0.278 e. The Kier molecular flexibility index (Phi) is 6.18. The first-order valence-corrected chi connectivity index (χ1v) is 12.7. The summed E-state index contributed by atoms with van der Waals surface area (Å²) in [5.74, 6) is -10.8. The summed E-state index contributed by atoms with van der Waals surface area (Å²) in [5.41, 5.74) is 0. The summed E-state index contributed by atoms with van der Waals surface area (Å²) in [6.45, 7) is 0. The predicted molar refractivity (Wildman–Crippen MR) is 111 cm³/mol. The van der Waals surface area contributed by atoms with Crippen molar-refractivity contribution in [2.24, 2.45) is 35.5 Å². The molecule has 12 heteroatoms. The minimum absolute atomic E-state index is 0.0418. The van der Waals surface area contributed by atoms with Gasteiger partial charge in [0.15, 0.2) is 0 Å². The smallest absolute Gasteiger partial charge is 0.278 e. The topological polar surface area (TPSA) is 74.8 Å². The largest absolute Gasteiger partial charge is 0.393 e. The van der Waals surface area contributed by atoms with Gasteiger partial charge in [0.05, 0.1) is 47.6 Å². The number of alkyl halides is 6. The SMILES string of the molecule is O=C1C2CC3C(=O)N(C4CCCCC4C(F)(F)F)C(=O)C3CC2C(=O)N1C1CCCCC1C(F)(F)F. The zero-order chi connectivity index (χ0) is 26.2. The summed E-state index contributed by atoms with van der Waals surface area (Å²) in [7, 11) is 0. The number of likely N-dealkylation sites (tertiary alicyclic amines) is 2. The van der Waals surface area contributed by atoms with Crippen LogP contribution >= 0.6 is 0 Å². The van der Waals surface area contributed by atoms with Crippen molar-refractivity contribution >= 4 is 23.6 Å². The van der Waals surface area contributed by atoms with Gasteiger partial charge in [0.2, 0.25) is 23.6 Å². The van der Waals surface area contributed by atoms with Crippen LogP contribution in [0.3, 0.4) is 0 Å². The van der Waals surface area contributed by atoms with E-state index in [0.29, 0.717) is 25.7 Å². The van der Waals surface area contributed by atoms with Crippen LogP contribution in [0.25, 0.3) is 0 Å². The van der Waals surface area contributed by atoms with E-state index in [2.05, 4.69) is 0 Å². The number of rotatable bonds is 2. The van der Waals surface area contributed by atoms with Gasteiger partial charge in [0.1, 0.15) is 0 Å². The first kappa shape index (κ1) is 25.5. The molecule has 0 radical (unpaired) electrons. The summed E-state index contributed by atoms with van der Waals surface area (Å²) >= 11 is 0. The van der Waals surface area contributed by atoms with Crippen molar-refractivity contribution in [2.45, 2.75) is 88.6 Å². The van der Waals surface area contributed by atoms with Gasteiger partial charge in [-0.05, 0) is 38.5 Å². The van der Waals surface area contributed by atoms with E-state index in [1.54, 1.807) is 0 Å². The number of nitrogens with zero attached hydrogens (tertiary/aromatic N) is 2. The third-order valence-electron chi connectivity index (χ3n) is 9.17. The molecule has 0 aromatic heterocycles. The second-order valence-corrected chi connectivity index (χ2v) is 11.0. The van der Waals surface area contributed by atoms with Gasteiger partial charge < -0.3 is 0 Å². The van der Waals surface area contributed by atoms with Crippen LogP contribution in [0.2, 0.25) is 0 Å². The highest BCUT2D eigenvalue weighted by Crippen LogP contribution is 2.52. The van der Waals surface area contributed by atoms with Crippen LogP contribution in [-0.4, -0.2) is 57.9 Å². The van der Waals surface area contributed by atoms with Crippen LogP contribution in [0.4, 0.5) is 26.3 Å². The number of carbonyl (C=O) groups excluding carboxylic acids is 4. The van der Waals surface area contributed by atoms with Crippen molar-refractivity contribution < 1.29 is 45.5 Å². The highest BCUT2D eigenvalue weighted by molar-refractivity contribution is 6.09. The van der Waals surface area contributed by atoms with Crippen LogP contribution in [0.5, 0.6) is 0 Å². The number of halogens is 6. The number of hydrogen-bond donors (Lipinski definition) is 0. The lowest BCUT2D eigenvalue weighted by atomic mass is 9.70. The Labute approximate surface area is 203 Å². The van der Waals surface area contributed by atoms with E-state index in [9.17, 15) is 45.5 Å². The van der Waals surface area contributed by atoms with E-state index >= 15 is 0 Å². The van der Waals surface area contributed by atoms with Gasteiger partial charge in [0.25, 0.3) is 0 Å². The molecule has 0 aromatic rings. The second-order valence-electron chi connectivity index (χ2n) is 11.0. The second kappa shape index (κ2) is 8.72. The van der Waals surface area contributed by atoms with Gasteiger partial charge in [0, 0.05) is 0 Å². The summed E-state index contributed by atoms with van der Waals surface area (Å²) < 4.78 is 82.0. The van der Waals surface area contributed by atoms with E-state index < -0.39 is 83.6 Å². The van der Waals surface area contributed by atoms with Crippen LogP contribution in [0, 0.1) is 35.5 Å². The Morgan fingerprint density at radius 3 is 1.06 bits per heavy atom. The molecule has 2 heterocycles. The van der Waals surface area contributed by atoms with Crippen molar-refractivity contribution in [3.63, 3.8) is 0 Å². The Morgan fingerprint density at radius 1 is 0.500 bits per heavy atom. The van der Waals surface area contributed by atoms with Crippen molar-refractivity contribution in [1.29, 1.82) is 0 Å². The Hall–Kier alpha value is -2.14. The molecule has 0 N–H and O–H groups in total. The minimum atomic E-state index is -4.57. The van der Waals surface area contributed by atoms with Gasteiger partial charge in [-0.1, -0.05) is 25.7 Å². The maximum Gasteiger partial charge on any atom is 0.393 e. The fourth-order valence-electron chi connectivity index (χ4n) is 7.49. The van der Waals surface area contributed by atoms with Crippen molar-refractivity contribution in [3.8, 4) is 0 Å². The zero-order valence-electron chi connectivity index (χ0n) is 19.5. The molecule has 5 aliphatic rings. The van der Waals surface area contributed by atoms with Crippen molar-refractivity contribution in [3.05, 3.63) is 0 Å². The molecule has 6 nitrogen and oxygen atoms in total. The fourth-order valence-corrected chi connectivity index (χ4v) is 7.49. The average molecular weight is 522 g/mol. The third-order valence-corrected chi connectivity index (χ3v) is 9.17. The first-order chi connectivity index (χ1) is 16.8. The van der Waals surface area contributed by atoms with Crippen LogP contribution in [0.1, 0.15) is 64.2 Å². The quantitative estimate of drug-likeness (QED) is 0.402. The lowest BCUT2D eigenvalue weighted by Crippen LogP contribution is -2.51. The Bertz CT molecular complexity index is 849. The van der Waals surface area contributed by atoms with Crippen LogP contribution < -0.4 is 0 Å². The van der Waals surface area contributed by atoms with Crippen molar-refractivity contribution in [1.82, 2.24) is 9.80 Å². The van der Waals surface area contributed by atoms with Gasteiger partial charge >= 0.3 is 12.4 Å². The average Bonchev–Trinajstić information content (AvgIpc) is 3.20. The molecule has 8 atom stereocenters. The summed E-state index contributed by atoms with van der Waals surface area (Å²) in [5, 5.41) is 0. The van der Waals surface area contributed by atoms with Gasteiger partial charge in [-0.3, -0.25) is 29.0 Å². The number of carbonyl (C=O) groups is 4. The van der Waals surface area contributed by atoms with E-state index in [4.69, 9.17) is 0 Å². The van der Waals surface area contributed by atoms with Gasteiger partial charge in [-0.2, -0.15) is 26.3 Å². The summed E-state index contributed by atoms with van der Waals surface area (Å²) in [6, 6.07) is -2.61. The first-order valence-electron chi connectivity index (χ1n) is 12.7. The van der Waals surface area contributed by atoms with E-state index in [1.807, 2.05) is 0 Å². The lowest BCUT2D eigenvalue weighted by molar-refractivity contribution is -0.201. The maximum absolute atomic E-state index is 13.7. The molecule has 36 heavy (non-hydrogen) atoms. The standard InChI is InChI=1S/C24H28F6N2O4/c25-23(26,27)15-5-1-3-7-17(15)31-19(33)11-9-13-14(10-12(11)20(31)34)22(36)32(21(13)35)18-8-4-2-6-16(18)24(28,29)30/h11-18H,1-10H2. The number of fused-ring (bicyclic) bond motifs is 2. The highest BCUT2D eigenvalue weighted by atomic mass is 19.4. The van der Waals surface area contributed by atoms with E-state index in [-0.39, 0.29) is 38.5 Å². The molecule has 2 aliphatic heterocycles. The molecule has 0 bridgehead atoms. The van der Waals surface area contributed by atoms with E-state index in [0.717, 1.165) is 9.80 Å². The molecule has 5 fully saturated rings. The van der Waals surface area contributed by atoms with E-state index in [1.165, 1.54) is 0 Å². The molecule has 2 saturated heterocycles. The number of amides is 4. The molecule has 5 rings (SSSR count). The lowest BCUT2D eigenvalue weighted by Gasteiger charge is -2.38. The molecule has 3 saturated carbocycles. The normalized spacial score (nSPS) is 40.1. The molecule has 4 amide bonds. The molecule has 8 unspecified atom stereocenters. The molecule has 0 aromatic carbocycles. The number of imide groups is 2. The molecule has 3 aliphatic carbocycles. The monoisotopic (exact) mass is 522 g/mol. The van der Waals surface area contributed by atoms with Gasteiger partial charge in [-0.15, -0.1) is 0 Å². The Balaban J connectivity index is 1.38. The summed E-state index contributed by atoms with van der Waals surface area (Å²) in [4.78, 5) is 54.5. The predicted octanol–water partition coefficient (Wildman–Crippen LogP) is 4.22. The van der Waals surface area contributed by atoms with Crippen LogP contribution in [0.15, 0.2) is 0 Å². The molecule has 0 spiro atoms. The zero-order valence-corrected chi connectivity index (χ0v) is 19.5. The fraction of sp³-hybridized carbons (Fsp3) is 0.833. The van der Waals surface area contributed by atoms with Gasteiger partial charge in [-0.25, -0.2) is 0 Å². The molecule has 200 valence electrons. The maximum atomic E-state index is 13.7. The molecular formula is C24H28F6N2O4.